The molecular formula is C25H27F3N4O. The number of aliphatic imine (C=N–C) groups is 3. The Morgan fingerprint density at radius 1 is 1.12 bits per heavy atom. The Morgan fingerprint density at radius 3 is 2.58 bits per heavy atom. The molecule has 1 aromatic rings. The number of amidine groups is 2. The van der Waals surface area contributed by atoms with Gasteiger partial charge in [0.1, 0.15) is 5.84 Å². The Morgan fingerprint density at radius 2 is 1.85 bits per heavy atom. The molecule has 0 spiro atoms. The molecule has 0 radical (unpaired) electrons. The molecule has 1 aliphatic carbocycles. The molecule has 2 unspecified atom stereocenters. The molecule has 33 heavy (non-hydrogen) atoms. The Hall–Kier alpha value is -2.77. The fraction of sp³-hybridized carbons (Fsp3) is 0.520. The Bertz CT molecular complexity index is 1060. The SMILES string of the molecule is C/C1=C/C=NC2=NC(C(=O)N3C[C@H]4CC(c5ccccc5C(F)(F)F)C[C@H]4C3)=NC(CC1)C2. The van der Waals surface area contributed by atoms with E-state index < -0.39 is 11.7 Å². The molecule has 2 fully saturated rings. The largest absolute Gasteiger partial charge is 0.416 e. The van der Waals surface area contributed by atoms with E-state index >= 15 is 0 Å². The topological polar surface area (TPSA) is 57.4 Å². The highest BCUT2D eigenvalue weighted by Crippen LogP contribution is 2.48. The van der Waals surface area contributed by atoms with Crippen LogP contribution in [-0.4, -0.2) is 47.8 Å². The third-order valence-electron chi connectivity index (χ3n) is 7.35. The first-order valence-electron chi connectivity index (χ1n) is 11.6. The summed E-state index contributed by atoms with van der Waals surface area (Å²) in [4.78, 5) is 28.5. The maximum absolute atomic E-state index is 13.5. The van der Waals surface area contributed by atoms with Gasteiger partial charge < -0.3 is 4.90 Å². The van der Waals surface area contributed by atoms with Crippen LogP contribution in [0.15, 0.2) is 50.9 Å². The zero-order chi connectivity index (χ0) is 23.2. The van der Waals surface area contributed by atoms with E-state index in [0.717, 1.165) is 12.8 Å². The van der Waals surface area contributed by atoms with E-state index in [4.69, 9.17) is 0 Å². The molecule has 1 aromatic carbocycles. The summed E-state index contributed by atoms with van der Waals surface area (Å²) in [5.74, 6) is 0.955. The van der Waals surface area contributed by atoms with Crippen LogP contribution in [0.25, 0.3) is 0 Å². The number of amides is 1. The van der Waals surface area contributed by atoms with Crippen molar-refractivity contribution in [2.75, 3.05) is 13.1 Å². The van der Waals surface area contributed by atoms with Crippen molar-refractivity contribution in [2.24, 2.45) is 26.8 Å². The normalized spacial score (nSPS) is 31.0. The van der Waals surface area contributed by atoms with Gasteiger partial charge in [-0.2, -0.15) is 13.2 Å². The molecule has 5 nitrogen and oxygen atoms in total. The van der Waals surface area contributed by atoms with Gasteiger partial charge in [0.15, 0.2) is 0 Å². The lowest BCUT2D eigenvalue weighted by Gasteiger charge is -2.23. The van der Waals surface area contributed by atoms with E-state index in [1.807, 2.05) is 6.08 Å². The molecule has 2 bridgehead atoms. The molecule has 5 rings (SSSR count). The minimum atomic E-state index is -4.35. The van der Waals surface area contributed by atoms with Crippen LogP contribution >= 0.6 is 0 Å². The van der Waals surface area contributed by atoms with E-state index in [0.29, 0.717) is 43.8 Å². The highest BCUT2D eigenvalue weighted by molar-refractivity contribution is 6.40. The number of alkyl halides is 3. The molecule has 4 atom stereocenters. The minimum absolute atomic E-state index is 0.000373. The summed E-state index contributed by atoms with van der Waals surface area (Å²) < 4.78 is 40.4. The zero-order valence-corrected chi connectivity index (χ0v) is 18.6. The quantitative estimate of drug-likeness (QED) is 0.615. The van der Waals surface area contributed by atoms with Crippen LogP contribution in [0, 0.1) is 11.8 Å². The number of carbonyl (C=O) groups excluding carboxylic acids is 1. The smallest absolute Gasteiger partial charge is 0.335 e. The first kappa shape index (κ1) is 22.0. The molecule has 0 aromatic heterocycles. The first-order chi connectivity index (χ1) is 15.8. The number of halogens is 3. The van der Waals surface area contributed by atoms with E-state index in [2.05, 4.69) is 21.9 Å². The second-order valence-electron chi connectivity index (χ2n) is 9.65. The monoisotopic (exact) mass is 456 g/mol. The predicted molar refractivity (Wildman–Crippen MR) is 122 cm³/mol. The summed E-state index contributed by atoms with van der Waals surface area (Å²) in [5, 5.41) is 0. The molecule has 1 amide bonds. The van der Waals surface area contributed by atoms with Crippen molar-refractivity contribution in [1.82, 2.24) is 4.90 Å². The first-order valence-corrected chi connectivity index (χ1v) is 11.6. The Balaban J connectivity index is 1.27. The van der Waals surface area contributed by atoms with Crippen LogP contribution in [0.4, 0.5) is 13.2 Å². The van der Waals surface area contributed by atoms with Crippen LogP contribution in [0.5, 0.6) is 0 Å². The molecule has 3 aliphatic heterocycles. The third kappa shape index (κ3) is 4.52. The number of likely N-dealkylation sites (tertiary alicyclic amines) is 1. The lowest BCUT2D eigenvalue weighted by Crippen LogP contribution is -2.37. The number of benzene rings is 1. The van der Waals surface area contributed by atoms with Crippen LogP contribution in [0.1, 0.15) is 56.1 Å². The van der Waals surface area contributed by atoms with Gasteiger partial charge in [0.25, 0.3) is 5.91 Å². The fourth-order valence-electron chi connectivity index (χ4n) is 5.68. The van der Waals surface area contributed by atoms with Crippen LogP contribution in [0.3, 0.4) is 0 Å². The van der Waals surface area contributed by atoms with Crippen LogP contribution in [0.2, 0.25) is 0 Å². The minimum Gasteiger partial charge on any atom is -0.335 e. The molecule has 1 saturated heterocycles. The Labute approximate surface area is 191 Å². The lowest BCUT2D eigenvalue weighted by atomic mass is 9.91. The lowest BCUT2D eigenvalue weighted by molar-refractivity contribution is -0.138. The highest BCUT2D eigenvalue weighted by atomic mass is 19.4. The second-order valence-corrected chi connectivity index (χ2v) is 9.65. The molecule has 3 heterocycles. The van der Waals surface area contributed by atoms with Crippen molar-refractivity contribution >= 4 is 23.8 Å². The van der Waals surface area contributed by atoms with E-state index in [-0.39, 0.29) is 35.5 Å². The van der Waals surface area contributed by atoms with Crippen molar-refractivity contribution in [1.29, 1.82) is 0 Å². The number of carbonyl (C=O) groups is 1. The van der Waals surface area contributed by atoms with E-state index in [1.54, 1.807) is 23.2 Å². The predicted octanol–water partition coefficient (Wildman–Crippen LogP) is 5.04. The van der Waals surface area contributed by atoms with Crippen LogP contribution < -0.4 is 0 Å². The van der Waals surface area contributed by atoms with Gasteiger partial charge in [-0.3, -0.25) is 9.79 Å². The van der Waals surface area contributed by atoms with Gasteiger partial charge in [-0.1, -0.05) is 23.8 Å². The van der Waals surface area contributed by atoms with Gasteiger partial charge in [-0.15, -0.1) is 0 Å². The molecule has 1 saturated carbocycles. The fourth-order valence-corrected chi connectivity index (χ4v) is 5.68. The van der Waals surface area contributed by atoms with Crippen molar-refractivity contribution in [3.8, 4) is 0 Å². The second kappa shape index (κ2) is 8.54. The third-order valence-corrected chi connectivity index (χ3v) is 7.35. The van der Waals surface area contributed by atoms with Gasteiger partial charge >= 0.3 is 6.18 Å². The number of rotatable bonds is 2. The Kier molecular flexibility index (Phi) is 5.70. The maximum Gasteiger partial charge on any atom is 0.416 e. The number of hydrogen-bond acceptors (Lipinski definition) is 4. The van der Waals surface area contributed by atoms with E-state index in [9.17, 15) is 18.0 Å². The van der Waals surface area contributed by atoms with Gasteiger partial charge in [0.2, 0.25) is 5.84 Å². The summed E-state index contributed by atoms with van der Waals surface area (Å²) in [5.41, 5.74) is 1.08. The van der Waals surface area contributed by atoms with Crippen molar-refractivity contribution < 1.29 is 18.0 Å². The zero-order valence-electron chi connectivity index (χ0n) is 18.6. The van der Waals surface area contributed by atoms with Gasteiger partial charge in [-0.25, -0.2) is 9.98 Å². The summed E-state index contributed by atoms with van der Waals surface area (Å²) in [6, 6.07) is 5.90. The molecule has 174 valence electrons. The number of fused-ring (bicyclic) bond motifs is 3. The standard InChI is InChI=1S/C25H27F3N4O/c1-15-6-7-19-12-22(29-9-8-15)31-23(30-19)24(33)32-13-17-10-16(11-18(17)14-32)20-4-2-3-5-21(20)25(26,27)28/h2-5,8-9,16-19H,6-7,10-14H2,1H3/b15-8-,29-9?/t16?,17-,18+,19?. The summed E-state index contributed by atoms with van der Waals surface area (Å²) in [6.45, 7) is 3.15. The average molecular weight is 457 g/mol. The molecular weight excluding hydrogens is 429 g/mol. The molecule has 0 N–H and O–H groups in total. The van der Waals surface area contributed by atoms with Crippen molar-refractivity contribution in [2.45, 2.75) is 57.2 Å². The summed E-state index contributed by atoms with van der Waals surface area (Å²) in [7, 11) is 0. The van der Waals surface area contributed by atoms with Crippen molar-refractivity contribution in [3.63, 3.8) is 0 Å². The van der Waals surface area contributed by atoms with Gasteiger partial charge in [0, 0.05) is 25.7 Å². The van der Waals surface area contributed by atoms with Gasteiger partial charge in [-0.05, 0) is 68.1 Å². The molecule has 8 heteroatoms. The van der Waals surface area contributed by atoms with Crippen molar-refractivity contribution in [3.05, 3.63) is 47.0 Å². The number of nitrogens with zero attached hydrogens (tertiary/aromatic N) is 4. The maximum atomic E-state index is 13.5. The molecule has 4 aliphatic rings. The number of allylic oxidation sites excluding steroid dienone is 2. The highest BCUT2D eigenvalue weighted by Gasteiger charge is 2.45. The average Bonchev–Trinajstić information content (AvgIpc) is 3.36. The summed E-state index contributed by atoms with van der Waals surface area (Å²) >= 11 is 0. The van der Waals surface area contributed by atoms with Crippen LogP contribution in [-0.2, 0) is 11.0 Å². The van der Waals surface area contributed by atoms with E-state index in [1.165, 1.54) is 17.7 Å². The van der Waals surface area contributed by atoms with Gasteiger partial charge in [0.05, 0.1) is 11.6 Å². The summed E-state index contributed by atoms with van der Waals surface area (Å²) in [6.07, 6.45) is 3.10. The number of hydrogen-bond donors (Lipinski definition) is 0.